The van der Waals surface area contributed by atoms with Gasteiger partial charge < -0.3 is 0 Å². The zero-order valence-corrected chi connectivity index (χ0v) is 12.5. The number of hydrogen-bond donors (Lipinski definition) is 2. The topological polar surface area (TPSA) is 38.0 Å². The summed E-state index contributed by atoms with van der Waals surface area (Å²) in [6.45, 7) is 0. The lowest BCUT2D eigenvalue weighted by molar-refractivity contribution is 0.414. The van der Waals surface area contributed by atoms with Crippen molar-refractivity contribution >= 4 is 11.3 Å². The SMILES string of the molecule is NNC(Cc1ccsc1)CC1CCCc2ccccc21. The predicted molar refractivity (Wildman–Crippen MR) is 85.9 cm³/mol. The molecule has 20 heavy (non-hydrogen) atoms. The molecule has 3 rings (SSSR count). The third-order valence-electron chi connectivity index (χ3n) is 4.36. The summed E-state index contributed by atoms with van der Waals surface area (Å²) in [5, 5.41) is 4.36. The maximum Gasteiger partial charge on any atom is 0.0257 e. The quantitative estimate of drug-likeness (QED) is 0.650. The van der Waals surface area contributed by atoms with Crippen LogP contribution in [0.15, 0.2) is 41.1 Å². The van der Waals surface area contributed by atoms with Crippen molar-refractivity contribution in [2.75, 3.05) is 0 Å². The van der Waals surface area contributed by atoms with Crippen LogP contribution in [0.2, 0.25) is 0 Å². The zero-order valence-electron chi connectivity index (χ0n) is 11.7. The summed E-state index contributed by atoms with van der Waals surface area (Å²) in [6.07, 6.45) is 5.98. The molecule has 0 saturated carbocycles. The van der Waals surface area contributed by atoms with E-state index in [0.29, 0.717) is 12.0 Å². The standard InChI is InChI=1S/C17H22N2S/c18-19-16(10-13-8-9-20-12-13)11-15-6-3-5-14-4-1-2-7-17(14)15/h1-2,4,7-9,12,15-16,19H,3,5-6,10-11,18H2. The molecule has 3 heteroatoms. The van der Waals surface area contributed by atoms with Gasteiger partial charge in [-0.05, 0) is 71.5 Å². The number of nitrogens with one attached hydrogen (secondary N) is 1. The number of hydrogen-bond acceptors (Lipinski definition) is 3. The number of hydrazine groups is 1. The van der Waals surface area contributed by atoms with Crippen LogP contribution >= 0.6 is 11.3 Å². The lowest BCUT2D eigenvalue weighted by Crippen LogP contribution is -2.38. The number of thiophene rings is 1. The van der Waals surface area contributed by atoms with Gasteiger partial charge in [-0.1, -0.05) is 24.3 Å². The van der Waals surface area contributed by atoms with Crippen molar-refractivity contribution in [2.45, 2.75) is 44.1 Å². The molecule has 0 amide bonds. The Morgan fingerprint density at radius 1 is 1.30 bits per heavy atom. The fourth-order valence-corrected chi connectivity index (χ4v) is 4.03. The Labute approximate surface area is 125 Å². The van der Waals surface area contributed by atoms with Crippen LogP contribution in [0.4, 0.5) is 0 Å². The van der Waals surface area contributed by atoms with Crippen LogP contribution in [0, 0.1) is 0 Å². The second kappa shape index (κ2) is 6.53. The Bertz CT molecular complexity index is 536. The summed E-state index contributed by atoms with van der Waals surface area (Å²) in [4.78, 5) is 0. The third-order valence-corrected chi connectivity index (χ3v) is 5.09. The maximum atomic E-state index is 5.78. The van der Waals surface area contributed by atoms with Gasteiger partial charge in [0.05, 0.1) is 0 Å². The molecule has 1 aromatic heterocycles. The van der Waals surface area contributed by atoms with Crippen molar-refractivity contribution < 1.29 is 0 Å². The maximum absolute atomic E-state index is 5.78. The second-order valence-electron chi connectivity index (χ2n) is 5.72. The first-order valence-corrected chi connectivity index (χ1v) is 8.36. The van der Waals surface area contributed by atoms with E-state index in [1.807, 2.05) is 0 Å². The Kier molecular flexibility index (Phi) is 4.51. The highest BCUT2D eigenvalue weighted by molar-refractivity contribution is 7.07. The van der Waals surface area contributed by atoms with Gasteiger partial charge in [0.2, 0.25) is 0 Å². The fraction of sp³-hybridized carbons (Fsp3) is 0.412. The van der Waals surface area contributed by atoms with Gasteiger partial charge >= 0.3 is 0 Å². The average molecular weight is 286 g/mol. The van der Waals surface area contributed by atoms with Gasteiger partial charge in [-0.25, -0.2) is 0 Å². The van der Waals surface area contributed by atoms with Crippen molar-refractivity contribution in [3.8, 4) is 0 Å². The molecule has 0 aliphatic heterocycles. The van der Waals surface area contributed by atoms with E-state index >= 15 is 0 Å². The average Bonchev–Trinajstić information content (AvgIpc) is 3.00. The first-order valence-electron chi connectivity index (χ1n) is 7.42. The van der Waals surface area contributed by atoms with Crippen LogP contribution in [0.5, 0.6) is 0 Å². The first kappa shape index (κ1) is 13.8. The molecule has 0 spiro atoms. The van der Waals surface area contributed by atoms with Crippen LogP contribution < -0.4 is 11.3 Å². The summed E-state index contributed by atoms with van der Waals surface area (Å²) in [5.41, 5.74) is 7.50. The largest absolute Gasteiger partial charge is 0.271 e. The Hall–Kier alpha value is -1.16. The zero-order chi connectivity index (χ0) is 13.8. The van der Waals surface area contributed by atoms with E-state index in [9.17, 15) is 0 Å². The van der Waals surface area contributed by atoms with Crippen molar-refractivity contribution in [3.63, 3.8) is 0 Å². The molecule has 0 saturated heterocycles. The molecule has 106 valence electrons. The van der Waals surface area contributed by atoms with E-state index in [-0.39, 0.29) is 0 Å². The van der Waals surface area contributed by atoms with Gasteiger partial charge in [0, 0.05) is 6.04 Å². The molecular formula is C17H22N2S. The molecule has 2 nitrogen and oxygen atoms in total. The highest BCUT2D eigenvalue weighted by Gasteiger charge is 2.23. The van der Waals surface area contributed by atoms with Crippen molar-refractivity contribution in [3.05, 3.63) is 57.8 Å². The molecule has 2 aromatic rings. The summed E-state index contributed by atoms with van der Waals surface area (Å²) >= 11 is 1.76. The van der Waals surface area contributed by atoms with Crippen molar-refractivity contribution in [2.24, 2.45) is 5.84 Å². The van der Waals surface area contributed by atoms with E-state index in [2.05, 4.69) is 46.5 Å². The van der Waals surface area contributed by atoms with Gasteiger partial charge in [-0.2, -0.15) is 11.3 Å². The third kappa shape index (κ3) is 3.11. The van der Waals surface area contributed by atoms with E-state index < -0.39 is 0 Å². The molecule has 0 bridgehead atoms. The van der Waals surface area contributed by atoms with Crippen molar-refractivity contribution in [1.29, 1.82) is 0 Å². The highest BCUT2D eigenvalue weighted by Crippen LogP contribution is 2.35. The van der Waals surface area contributed by atoms with E-state index in [1.165, 1.54) is 30.4 Å². The molecule has 1 aliphatic rings. The van der Waals surface area contributed by atoms with Crippen molar-refractivity contribution in [1.82, 2.24) is 5.43 Å². The van der Waals surface area contributed by atoms with E-state index in [4.69, 9.17) is 5.84 Å². The lowest BCUT2D eigenvalue weighted by atomic mass is 9.79. The van der Waals surface area contributed by atoms with Gasteiger partial charge in [-0.15, -0.1) is 0 Å². The molecule has 1 heterocycles. The fourth-order valence-electron chi connectivity index (χ4n) is 3.35. The number of fused-ring (bicyclic) bond motifs is 1. The normalized spacial score (nSPS) is 19.6. The summed E-state index contributed by atoms with van der Waals surface area (Å²) < 4.78 is 0. The van der Waals surface area contributed by atoms with Gasteiger partial charge in [0.15, 0.2) is 0 Å². The number of rotatable bonds is 5. The number of nitrogens with two attached hydrogens (primary N) is 1. The van der Waals surface area contributed by atoms with Crippen LogP contribution in [-0.2, 0) is 12.8 Å². The van der Waals surface area contributed by atoms with Gasteiger partial charge in [-0.3, -0.25) is 11.3 Å². The smallest absolute Gasteiger partial charge is 0.0257 e. The second-order valence-corrected chi connectivity index (χ2v) is 6.50. The highest BCUT2D eigenvalue weighted by atomic mass is 32.1. The van der Waals surface area contributed by atoms with Gasteiger partial charge in [0.1, 0.15) is 0 Å². The van der Waals surface area contributed by atoms with Crippen LogP contribution in [-0.4, -0.2) is 6.04 Å². The number of aryl methyl sites for hydroxylation is 1. The van der Waals surface area contributed by atoms with Crippen LogP contribution in [0.1, 0.15) is 41.9 Å². The Morgan fingerprint density at radius 3 is 3.00 bits per heavy atom. The van der Waals surface area contributed by atoms with E-state index in [1.54, 1.807) is 16.9 Å². The monoisotopic (exact) mass is 286 g/mol. The van der Waals surface area contributed by atoms with E-state index in [0.717, 1.165) is 12.8 Å². The summed E-state index contributed by atoms with van der Waals surface area (Å²) in [5.74, 6) is 6.43. The Morgan fingerprint density at radius 2 is 2.20 bits per heavy atom. The minimum Gasteiger partial charge on any atom is -0.271 e. The van der Waals surface area contributed by atoms with Crippen LogP contribution in [0.25, 0.3) is 0 Å². The molecular weight excluding hydrogens is 264 g/mol. The molecule has 3 N–H and O–H groups in total. The molecule has 1 aliphatic carbocycles. The molecule has 2 unspecified atom stereocenters. The summed E-state index contributed by atoms with van der Waals surface area (Å²) in [7, 11) is 0. The molecule has 0 radical (unpaired) electrons. The summed E-state index contributed by atoms with van der Waals surface area (Å²) in [6, 6.07) is 11.5. The predicted octanol–water partition coefficient (Wildman–Crippen LogP) is 3.63. The minimum atomic E-state index is 0.362. The lowest BCUT2D eigenvalue weighted by Gasteiger charge is -2.28. The molecule has 1 aromatic carbocycles. The number of benzene rings is 1. The minimum absolute atomic E-state index is 0.362. The molecule has 2 atom stereocenters. The Balaban J connectivity index is 1.70. The molecule has 0 fully saturated rings. The van der Waals surface area contributed by atoms with Gasteiger partial charge in [0.25, 0.3) is 0 Å². The first-order chi connectivity index (χ1) is 9.86. The van der Waals surface area contributed by atoms with Crippen LogP contribution in [0.3, 0.4) is 0 Å².